The van der Waals surface area contributed by atoms with Crippen LogP contribution in [0.3, 0.4) is 0 Å². The van der Waals surface area contributed by atoms with E-state index in [0.29, 0.717) is 6.42 Å². The predicted molar refractivity (Wildman–Crippen MR) is 66.8 cm³/mol. The summed E-state index contributed by atoms with van der Waals surface area (Å²) < 4.78 is 18.2. The van der Waals surface area contributed by atoms with Crippen LogP contribution in [0.1, 0.15) is 12.0 Å². The van der Waals surface area contributed by atoms with Crippen LogP contribution in [0, 0.1) is 5.82 Å². The standard InChI is InChI=1S/C15H13FO2/c16-13-8-4-5-9-14(13)18-15(17)11-10-12-6-2-1-3-7-12/h1-9H,10-11H2. The molecule has 2 aromatic rings. The summed E-state index contributed by atoms with van der Waals surface area (Å²) in [5, 5.41) is 0. The zero-order valence-corrected chi connectivity index (χ0v) is 9.80. The molecule has 0 unspecified atom stereocenters. The highest BCUT2D eigenvalue weighted by atomic mass is 19.1. The molecule has 0 aliphatic rings. The van der Waals surface area contributed by atoms with E-state index in [4.69, 9.17) is 4.74 Å². The number of rotatable bonds is 4. The number of carbonyl (C=O) groups excluding carboxylic acids is 1. The van der Waals surface area contributed by atoms with Crippen molar-refractivity contribution in [3.63, 3.8) is 0 Å². The van der Waals surface area contributed by atoms with E-state index in [1.807, 2.05) is 30.3 Å². The molecule has 2 aromatic carbocycles. The molecule has 92 valence electrons. The Kier molecular flexibility index (Phi) is 4.07. The van der Waals surface area contributed by atoms with Crippen LogP contribution in [0.2, 0.25) is 0 Å². The van der Waals surface area contributed by atoms with Crippen molar-refractivity contribution >= 4 is 5.97 Å². The van der Waals surface area contributed by atoms with Gasteiger partial charge in [-0.3, -0.25) is 4.79 Å². The molecule has 0 amide bonds. The third-order valence-electron chi connectivity index (χ3n) is 2.52. The molecule has 18 heavy (non-hydrogen) atoms. The number of esters is 1. The van der Waals surface area contributed by atoms with Crippen molar-refractivity contribution in [3.8, 4) is 5.75 Å². The lowest BCUT2D eigenvalue weighted by Gasteiger charge is -2.05. The van der Waals surface area contributed by atoms with E-state index in [0.717, 1.165) is 5.56 Å². The van der Waals surface area contributed by atoms with Crippen LogP contribution >= 0.6 is 0 Å². The summed E-state index contributed by atoms with van der Waals surface area (Å²) in [6.45, 7) is 0. The Hall–Kier alpha value is -2.16. The van der Waals surface area contributed by atoms with Crippen LogP contribution in [0.25, 0.3) is 0 Å². The van der Waals surface area contributed by atoms with E-state index < -0.39 is 11.8 Å². The van der Waals surface area contributed by atoms with Gasteiger partial charge in [0.25, 0.3) is 0 Å². The van der Waals surface area contributed by atoms with Gasteiger partial charge >= 0.3 is 5.97 Å². The first kappa shape index (κ1) is 12.3. The van der Waals surface area contributed by atoms with Crippen molar-refractivity contribution in [1.82, 2.24) is 0 Å². The normalized spacial score (nSPS) is 10.1. The highest BCUT2D eigenvalue weighted by Crippen LogP contribution is 2.16. The van der Waals surface area contributed by atoms with Crippen molar-refractivity contribution < 1.29 is 13.9 Å². The second kappa shape index (κ2) is 5.96. The molecular formula is C15H13FO2. The third-order valence-corrected chi connectivity index (χ3v) is 2.52. The van der Waals surface area contributed by atoms with Crippen molar-refractivity contribution in [2.45, 2.75) is 12.8 Å². The smallest absolute Gasteiger partial charge is 0.311 e. The maximum atomic E-state index is 13.2. The maximum absolute atomic E-state index is 13.2. The lowest BCUT2D eigenvalue weighted by Crippen LogP contribution is -2.09. The van der Waals surface area contributed by atoms with E-state index in [1.54, 1.807) is 12.1 Å². The third kappa shape index (κ3) is 3.42. The summed E-state index contributed by atoms with van der Waals surface area (Å²) in [6.07, 6.45) is 0.826. The molecule has 0 radical (unpaired) electrons. The van der Waals surface area contributed by atoms with E-state index in [9.17, 15) is 9.18 Å². The Morgan fingerprint density at radius 1 is 1.00 bits per heavy atom. The SMILES string of the molecule is O=C(CCc1ccccc1)Oc1ccccc1F. The number of hydrogen-bond acceptors (Lipinski definition) is 2. The van der Waals surface area contributed by atoms with Gasteiger partial charge in [0.1, 0.15) is 0 Å². The molecule has 0 heterocycles. The van der Waals surface area contributed by atoms with Gasteiger partial charge in [-0.25, -0.2) is 4.39 Å². The summed E-state index contributed by atoms with van der Waals surface area (Å²) in [7, 11) is 0. The zero-order valence-electron chi connectivity index (χ0n) is 9.80. The van der Waals surface area contributed by atoms with Gasteiger partial charge in [0.05, 0.1) is 0 Å². The Morgan fingerprint density at radius 2 is 1.67 bits per heavy atom. The van der Waals surface area contributed by atoms with Crippen LogP contribution in [0.4, 0.5) is 4.39 Å². The first-order valence-electron chi connectivity index (χ1n) is 5.75. The van der Waals surface area contributed by atoms with Gasteiger partial charge in [-0.15, -0.1) is 0 Å². The van der Waals surface area contributed by atoms with Gasteiger partial charge in [-0.05, 0) is 24.1 Å². The molecule has 0 saturated carbocycles. The maximum Gasteiger partial charge on any atom is 0.311 e. The van der Waals surface area contributed by atoms with Gasteiger partial charge in [-0.1, -0.05) is 42.5 Å². The Balaban J connectivity index is 1.88. The van der Waals surface area contributed by atoms with Gasteiger partial charge in [0.15, 0.2) is 11.6 Å². The molecule has 0 N–H and O–H groups in total. The number of carbonyl (C=O) groups is 1. The largest absolute Gasteiger partial charge is 0.423 e. The molecular weight excluding hydrogens is 231 g/mol. The fourth-order valence-electron chi connectivity index (χ4n) is 1.59. The van der Waals surface area contributed by atoms with Crippen LogP contribution in [-0.4, -0.2) is 5.97 Å². The minimum Gasteiger partial charge on any atom is -0.423 e. The number of para-hydroxylation sites is 1. The topological polar surface area (TPSA) is 26.3 Å². The lowest BCUT2D eigenvalue weighted by molar-refractivity contribution is -0.134. The van der Waals surface area contributed by atoms with E-state index in [1.165, 1.54) is 12.1 Å². The molecule has 0 bridgehead atoms. The van der Waals surface area contributed by atoms with Gasteiger partial charge in [0.2, 0.25) is 0 Å². The second-order valence-corrected chi connectivity index (χ2v) is 3.89. The lowest BCUT2D eigenvalue weighted by atomic mass is 10.1. The Bertz CT molecular complexity index is 523. The predicted octanol–water partition coefficient (Wildman–Crippen LogP) is 3.36. The summed E-state index contributed by atoms with van der Waals surface area (Å²) in [5.41, 5.74) is 1.06. The molecule has 0 saturated heterocycles. The van der Waals surface area contributed by atoms with E-state index >= 15 is 0 Å². The van der Waals surface area contributed by atoms with Crippen LogP contribution in [0.15, 0.2) is 54.6 Å². The molecule has 0 aromatic heterocycles. The first-order chi connectivity index (χ1) is 8.75. The fraction of sp³-hybridized carbons (Fsp3) is 0.133. The van der Waals surface area contributed by atoms with E-state index in [-0.39, 0.29) is 12.2 Å². The average molecular weight is 244 g/mol. The number of halogens is 1. The minimum absolute atomic E-state index is 0.0180. The van der Waals surface area contributed by atoms with Crippen LogP contribution in [-0.2, 0) is 11.2 Å². The van der Waals surface area contributed by atoms with Gasteiger partial charge in [0, 0.05) is 6.42 Å². The Labute approximate surface area is 105 Å². The van der Waals surface area contributed by atoms with Gasteiger partial charge in [-0.2, -0.15) is 0 Å². The minimum atomic E-state index is -0.523. The summed E-state index contributed by atoms with van der Waals surface area (Å²) in [6, 6.07) is 15.5. The average Bonchev–Trinajstić information content (AvgIpc) is 2.40. The molecule has 2 nitrogen and oxygen atoms in total. The first-order valence-corrected chi connectivity index (χ1v) is 5.75. The molecule has 0 atom stereocenters. The summed E-state index contributed by atoms with van der Waals surface area (Å²) >= 11 is 0. The summed E-state index contributed by atoms with van der Waals surface area (Å²) in [4.78, 5) is 11.5. The monoisotopic (exact) mass is 244 g/mol. The second-order valence-electron chi connectivity index (χ2n) is 3.89. The number of hydrogen-bond donors (Lipinski definition) is 0. The zero-order chi connectivity index (χ0) is 12.8. The highest BCUT2D eigenvalue weighted by Gasteiger charge is 2.08. The molecule has 0 spiro atoms. The number of aryl methyl sites for hydroxylation is 1. The quantitative estimate of drug-likeness (QED) is 0.609. The number of ether oxygens (including phenoxy) is 1. The molecule has 0 aliphatic heterocycles. The van der Waals surface area contributed by atoms with Crippen LogP contribution < -0.4 is 4.74 Å². The van der Waals surface area contributed by atoms with Crippen molar-refractivity contribution in [3.05, 3.63) is 66.0 Å². The molecule has 0 aliphatic carbocycles. The fourth-order valence-corrected chi connectivity index (χ4v) is 1.59. The molecule has 0 fully saturated rings. The summed E-state index contributed by atoms with van der Waals surface area (Å²) in [5.74, 6) is -0.968. The van der Waals surface area contributed by atoms with Crippen molar-refractivity contribution in [1.29, 1.82) is 0 Å². The molecule has 2 rings (SSSR count). The van der Waals surface area contributed by atoms with Crippen molar-refractivity contribution in [2.24, 2.45) is 0 Å². The van der Waals surface area contributed by atoms with Crippen molar-refractivity contribution in [2.75, 3.05) is 0 Å². The van der Waals surface area contributed by atoms with Gasteiger partial charge < -0.3 is 4.74 Å². The highest BCUT2D eigenvalue weighted by molar-refractivity contribution is 5.72. The van der Waals surface area contributed by atoms with Crippen LogP contribution in [0.5, 0.6) is 5.75 Å². The molecule has 3 heteroatoms. The number of benzene rings is 2. The Morgan fingerprint density at radius 3 is 2.39 bits per heavy atom. The van der Waals surface area contributed by atoms with E-state index in [2.05, 4.69) is 0 Å².